The van der Waals surface area contributed by atoms with Gasteiger partial charge in [-0.1, -0.05) is 11.6 Å². The summed E-state index contributed by atoms with van der Waals surface area (Å²) in [4.78, 5) is 8.63. The van der Waals surface area contributed by atoms with Crippen molar-refractivity contribution in [2.24, 2.45) is 0 Å². The Labute approximate surface area is 178 Å². The van der Waals surface area contributed by atoms with Crippen LogP contribution in [0.25, 0.3) is 10.9 Å². The number of benzene rings is 2. The van der Waals surface area contributed by atoms with Crippen LogP contribution in [0.3, 0.4) is 0 Å². The van der Waals surface area contributed by atoms with Gasteiger partial charge in [0.25, 0.3) is 0 Å². The number of hydrogen-bond donors (Lipinski definition) is 4. The Morgan fingerprint density at radius 1 is 1.17 bits per heavy atom. The fraction of sp³-hybridized carbons (Fsp3) is 0.333. The molecule has 160 valence electrons. The third-order valence-corrected chi connectivity index (χ3v) is 5.15. The standard InChI is InChI=1S/C21H24ClFN4O3/c1-21(10-28,11-29)26-6-5-13-7-15-18(9-19(13)30-2)24-12-25-20(15)27-14-3-4-17(23)16(22)8-14/h3-4,7-9,12,26,28-29H,5-6,10-11H2,1-2H3,(H,24,25,27). The molecule has 0 aliphatic rings. The lowest BCUT2D eigenvalue weighted by Crippen LogP contribution is -2.49. The summed E-state index contributed by atoms with van der Waals surface area (Å²) in [5.41, 5.74) is 1.43. The molecule has 0 spiro atoms. The number of nitrogens with zero attached hydrogens (tertiary/aromatic N) is 2. The van der Waals surface area contributed by atoms with E-state index in [0.29, 0.717) is 35.7 Å². The molecule has 4 N–H and O–H groups in total. The smallest absolute Gasteiger partial charge is 0.141 e. The fourth-order valence-electron chi connectivity index (χ4n) is 2.99. The SMILES string of the molecule is COc1cc2ncnc(Nc3ccc(F)c(Cl)c3)c2cc1CCNC(C)(CO)CO. The van der Waals surface area contributed by atoms with Crippen LogP contribution in [0.15, 0.2) is 36.7 Å². The minimum absolute atomic E-state index is 0.0163. The first kappa shape index (κ1) is 22.2. The summed E-state index contributed by atoms with van der Waals surface area (Å²) in [6.45, 7) is 1.90. The molecule has 30 heavy (non-hydrogen) atoms. The van der Waals surface area contributed by atoms with E-state index in [4.69, 9.17) is 16.3 Å². The minimum atomic E-state index is -0.762. The van der Waals surface area contributed by atoms with E-state index in [0.717, 1.165) is 10.9 Å². The van der Waals surface area contributed by atoms with Crippen molar-refractivity contribution in [2.75, 3.05) is 32.2 Å². The molecule has 0 aliphatic carbocycles. The predicted octanol–water partition coefficient (Wildman–Crippen LogP) is 3.05. The Balaban J connectivity index is 1.90. The van der Waals surface area contributed by atoms with Crippen molar-refractivity contribution in [2.45, 2.75) is 18.9 Å². The lowest BCUT2D eigenvalue weighted by molar-refractivity contribution is 0.105. The lowest BCUT2D eigenvalue weighted by Gasteiger charge is -2.26. The number of hydrogen-bond acceptors (Lipinski definition) is 7. The van der Waals surface area contributed by atoms with Crippen LogP contribution in [0.2, 0.25) is 5.02 Å². The van der Waals surface area contributed by atoms with Crippen LogP contribution in [0.1, 0.15) is 12.5 Å². The molecule has 0 saturated heterocycles. The van der Waals surface area contributed by atoms with E-state index in [1.807, 2.05) is 12.1 Å². The van der Waals surface area contributed by atoms with Crippen LogP contribution in [-0.4, -0.2) is 52.6 Å². The summed E-state index contributed by atoms with van der Waals surface area (Å²) in [6, 6.07) is 8.11. The van der Waals surface area contributed by atoms with Gasteiger partial charge in [0, 0.05) is 17.1 Å². The third-order valence-electron chi connectivity index (χ3n) is 4.86. The summed E-state index contributed by atoms with van der Waals surface area (Å²) < 4.78 is 19.0. The van der Waals surface area contributed by atoms with Crippen LogP contribution in [0.5, 0.6) is 5.75 Å². The topological polar surface area (TPSA) is 99.5 Å². The lowest BCUT2D eigenvalue weighted by atomic mass is 10.0. The number of methoxy groups -OCH3 is 1. The van der Waals surface area contributed by atoms with Crippen molar-refractivity contribution in [3.63, 3.8) is 0 Å². The van der Waals surface area contributed by atoms with Gasteiger partial charge in [-0.3, -0.25) is 0 Å². The number of fused-ring (bicyclic) bond motifs is 1. The molecule has 2 aromatic carbocycles. The van der Waals surface area contributed by atoms with E-state index in [9.17, 15) is 14.6 Å². The highest BCUT2D eigenvalue weighted by atomic mass is 35.5. The summed E-state index contributed by atoms with van der Waals surface area (Å²) >= 11 is 5.87. The Bertz CT molecular complexity index is 1030. The number of halogens is 2. The van der Waals surface area contributed by atoms with Gasteiger partial charge in [0.1, 0.15) is 23.7 Å². The van der Waals surface area contributed by atoms with Crippen LogP contribution in [0, 0.1) is 5.82 Å². The minimum Gasteiger partial charge on any atom is -0.496 e. The first-order valence-corrected chi connectivity index (χ1v) is 9.77. The summed E-state index contributed by atoms with van der Waals surface area (Å²) in [6.07, 6.45) is 2.02. The largest absolute Gasteiger partial charge is 0.496 e. The third kappa shape index (κ3) is 4.96. The summed E-state index contributed by atoms with van der Waals surface area (Å²) in [5.74, 6) is 0.732. The molecule has 1 heterocycles. The molecule has 3 rings (SSSR count). The van der Waals surface area contributed by atoms with Crippen LogP contribution < -0.4 is 15.4 Å². The average Bonchev–Trinajstić information content (AvgIpc) is 2.76. The number of aromatic nitrogens is 2. The van der Waals surface area contributed by atoms with E-state index >= 15 is 0 Å². The van der Waals surface area contributed by atoms with Crippen molar-refractivity contribution in [3.05, 3.63) is 53.1 Å². The molecule has 0 fully saturated rings. The maximum Gasteiger partial charge on any atom is 0.141 e. The second kappa shape index (κ2) is 9.53. The van der Waals surface area contributed by atoms with Gasteiger partial charge in [-0.15, -0.1) is 0 Å². The molecule has 0 bridgehead atoms. The highest BCUT2D eigenvalue weighted by molar-refractivity contribution is 6.31. The second-order valence-corrected chi connectivity index (χ2v) is 7.62. The van der Waals surface area contributed by atoms with Crippen molar-refractivity contribution in [3.8, 4) is 5.75 Å². The molecule has 0 amide bonds. The van der Waals surface area contributed by atoms with Gasteiger partial charge in [-0.2, -0.15) is 0 Å². The molecule has 9 heteroatoms. The molecule has 7 nitrogen and oxygen atoms in total. The van der Waals surface area contributed by atoms with Crippen LogP contribution in [-0.2, 0) is 6.42 Å². The number of aliphatic hydroxyl groups is 2. The van der Waals surface area contributed by atoms with E-state index in [1.165, 1.54) is 18.5 Å². The first-order chi connectivity index (χ1) is 14.4. The van der Waals surface area contributed by atoms with Gasteiger partial charge >= 0.3 is 0 Å². The molecule has 3 aromatic rings. The number of rotatable bonds is 9. The maximum atomic E-state index is 13.4. The highest BCUT2D eigenvalue weighted by Crippen LogP contribution is 2.30. The molecule has 0 unspecified atom stereocenters. The quantitative estimate of drug-likeness (QED) is 0.410. The van der Waals surface area contributed by atoms with Crippen molar-refractivity contribution in [1.82, 2.24) is 15.3 Å². The van der Waals surface area contributed by atoms with Gasteiger partial charge in [0.05, 0.1) is 36.4 Å². The number of ether oxygens (including phenoxy) is 1. The van der Waals surface area contributed by atoms with Gasteiger partial charge < -0.3 is 25.6 Å². The molecular formula is C21H24ClFN4O3. The first-order valence-electron chi connectivity index (χ1n) is 9.39. The van der Waals surface area contributed by atoms with Crippen molar-refractivity contribution in [1.29, 1.82) is 0 Å². The Morgan fingerprint density at radius 2 is 1.93 bits per heavy atom. The van der Waals surface area contributed by atoms with Gasteiger partial charge in [0.15, 0.2) is 0 Å². The summed E-state index contributed by atoms with van der Waals surface area (Å²) in [5, 5.41) is 26.0. The molecule has 0 saturated carbocycles. The van der Waals surface area contributed by atoms with Crippen molar-refractivity contribution >= 4 is 34.0 Å². The predicted molar refractivity (Wildman–Crippen MR) is 115 cm³/mol. The van der Waals surface area contributed by atoms with Gasteiger partial charge in [-0.05, 0) is 49.7 Å². The fourth-order valence-corrected chi connectivity index (χ4v) is 3.17. The molecule has 0 radical (unpaired) electrons. The highest BCUT2D eigenvalue weighted by Gasteiger charge is 2.21. The molecule has 0 atom stereocenters. The van der Waals surface area contributed by atoms with E-state index < -0.39 is 11.4 Å². The van der Waals surface area contributed by atoms with Crippen LogP contribution in [0.4, 0.5) is 15.9 Å². The zero-order valence-electron chi connectivity index (χ0n) is 16.7. The van der Waals surface area contributed by atoms with Crippen LogP contribution >= 0.6 is 11.6 Å². The Morgan fingerprint density at radius 3 is 2.60 bits per heavy atom. The summed E-state index contributed by atoms with van der Waals surface area (Å²) in [7, 11) is 1.59. The maximum absolute atomic E-state index is 13.4. The van der Waals surface area contributed by atoms with Crippen molar-refractivity contribution < 1.29 is 19.3 Å². The van der Waals surface area contributed by atoms with E-state index in [1.54, 1.807) is 20.1 Å². The number of anilines is 2. The average molecular weight is 435 g/mol. The molecule has 0 aliphatic heterocycles. The second-order valence-electron chi connectivity index (χ2n) is 7.21. The molecular weight excluding hydrogens is 411 g/mol. The Kier molecular flexibility index (Phi) is 7.04. The number of aliphatic hydroxyl groups excluding tert-OH is 2. The monoisotopic (exact) mass is 434 g/mol. The molecule has 1 aromatic heterocycles. The van der Waals surface area contributed by atoms with Gasteiger partial charge in [-0.25, -0.2) is 14.4 Å². The van der Waals surface area contributed by atoms with E-state index in [-0.39, 0.29) is 18.2 Å². The zero-order valence-corrected chi connectivity index (χ0v) is 17.5. The Hall–Kier alpha value is -2.52. The normalized spacial score (nSPS) is 11.7. The van der Waals surface area contributed by atoms with Gasteiger partial charge in [0.2, 0.25) is 0 Å². The number of nitrogens with one attached hydrogen (secondary N) is 2. The zero-order chi connectivity index (χ0) is 21.7. The van der Waals surface area contributed by atoms with E-state index in [2.05, 4.69) is 20.6 Å².